The van der Waals surface area contributed by atoms with Gasteiger partial charge in [0, 0.05) is 6.92 Å². The van der Waals surface area contributed by atoms with E-state index in [4.69, 9.17) is 4.74 Å². The molecule has 7 nitrogen and oxygen atoms in total. The van der Waals surface area contributed by atoms with Crippen molar-refractivity contribution < 1.29 is 18.7 Å². The number of carbonyl (C=O) groups is 2. The summed E-state index contributed by atoms with van der Waals surface area (Å²) in [6.07, 6.45) is -1.14. The van der Waals surface area contributed by atoms with Crippen LogP contribution in [0.4, 0.5) is 26.2 Å². The number of halogens is 1. The molecule has 0 aromatic heterocycles. The van der Waals surface area contributed by atoms with E-state index in [1.54, 1.807) is 18.2 Å². The van der Waals surface area contributed by atoms with E-state index in [0.717, 1.165) is 16.7 Å². The van der Waals surface area contributed by atoms with Gasteiger partial charge >= 0.3 is 6.09 Å². The molecule has 34 heavy (non-hydrogen) atoms. The lowest BCUT2D eigenvalue weighted by atomic mass is 10.1. The molecule has 174 valence electrons. The Hall–Kier alpha value is -4.20. The summed E-state index contributed by atoms with van der Waals surface area (Å²) in [6.45, 7) is 3.74. The van der Waals surface area contributed by atoms with Gasteiger partial charge in [-0.3, -0.25) is 14.5 Å². The number of nitrogens with zero attached hydrogens (tertiary/aromatic N) is 1. The maximum absolute atomic E-state index is 15.0. The fourth-order valence-electron chi connectivity index (χ4n) is 3.64. The lowest BCUT2D eigenvalue weighted by Crippen LogP contribution is -2.33. The van der Waals surface area contributed by atoms with Crippen LogP contribution < -0.4 is 21.0 Å². The van der Waals surface area contributed by atoms with Gasteiger partial charge in [0.2, 0.25) is 11.3 Å². The van der Waals surface area contributed by atoms with Crippen molar-refractivity contribution in [3.8, 4) is 11.1 Å². The van der Waals surface area contributed by atoms with Crippen LogP contribution in [0.2, 0.25) is 0 Å². The van der Waals surface area contributed by atoms with Crippen molar-refractivity contribution in [3.05, 3.63) is 88.3 Å². The molecule has 0 spiro atoms. The summed E-state index contributed by atoms with van der Waals surface area (Å²) in [4.78, 5) is 37.1. The molecule has 0 unspecified atom stereocenters. The summed E-state index contributed by atoms with van der Waals surface area (Å²) in [5.41, 5.74) is 3.23. The number of cyclic esters (lactones) is 1. The quantitative estimate of drug-likeness (QED) is 0.569. The number of aryl methyl sites for hydroxylation is 1. The third-order valence-electron chi connectivity index (χ3n) is 5.46. The Labute approximate surface area is 196 Å². The average molecular weight is 461 g/mol. The van der Waals surface area contributed by atoms with Crippen LogP contribution in [-0.2, 0) is 9.53 Å². The number of ether oxygens (including phenoxy) is 1. The monoisotopic (exact) mass is 461 g/mol. The first-order valence-corrected chi connectivity index (χ1v) is 10.8. The van der Waals surface area contributed by atoms with Gasteiger partial charge < -0.3 is 15.4 Å². The van der Waals surface area contributed by atoms with Crippen molar-refractivity contribution >= 4 is 29.1 Å². The summed E-state index contributed by atoms with van der Waals surface area (Å²) in [7, 11) is 0. The van der Waals surface area contributed by atoms with E-state index in [9.17, 15) is 18.8 Å². The smallest absolute Gasteiger partial charge is 0.414 e. The Morgan fingerprint density at radius 2 is 1.79 bits per heavy atom. The molecule has 1 fully saturated rings. The third kappa shape index (κ3) is 5.23. The maximum Gasteiger partial charge on any atom is 0.414 e. The molecule has 3 aromatic rings. The fraction of sp³-hybridized carbons (Fsp3) is 0.192. The van der Waals surface area contributed by atoms with Crippen molar-refractivity contribution in [3.63, 3.8) is 0 Å². The van der Waals surface area contributed by atoms with E-state index >= 15 is 0 Å². The highest BCUT2D eigenvalue weighted by Gasteiger charge is 2.32. The van der Waals surface area contributed by atoms with Gasteiger partial charge in [-0.2, -0.15) is 0 Å². The zero-order chi connectivity index (χ0) is 24.2. The molecule has 0 bridgehead atoms. The van der Waals surface area contributed by atoms with Gasteiger partial charge in [0.05, 0.1) is 30.2 Å². The maximum atomic E-state index is 15.0. The number of rotatable bonds is 6. The van der Waals surface area contributed by atoms with Crippen LogP contribution in [0, 0.1) is 12.7 Å². The average Bonchev–Trinajstić information content (AvgIpc) is 3.08. The molecule has 1 heterocycles. The molecular formula is C26H24FN3O4. The van der Waals surface area contributed by atoms with Crippen LogP contribution in [0.5, 0.6) is 0 Å². The highest BCUT2D eigenvalue weighted by atomic mass is 19.1. The van der Waals surface area contributed by atoms with Gasteiger partial charge in [0.25, 0.3) is 0 Å². The highest BCUT2D eigenvalue weighted by Crippen LogP contribution is 2.28. The summed E-state index contributed by atoms with van der Waals surface area (Å²) in [6, 6.07) is 18.7. The van der Waals surface area contributed by atoms with Crippen LogP contribution in [0.15, 0.2) is 71.5 Å². The van der Waals surface area contributed by atoms with Crippen LogP contribution in [0.3, 0.4) is 0 Å². The molecule has 0 aliphatic carbocycles. The summed E-state index contributed by atoms with van der Waals surface area (Å²) < 4.78 is 20.2. The topological polar surface area (TPSA) is 87.7 Å². The molecule has 8 heteroatoms. The summed E-state index contributed by atoms with van der Waals surface area (Å²) >= 11 is 0. The first-order valence-electron chi connectivity index (χ1n) is 10.8. The molecule has 3 aromatic carbocycles. The number of hydrogen-bond donors (Lipinski definition) is 2. The van der Waals surface area contributed by atoms with Gasteiger partial charge in [-0.1, -0.05) is 42.0 Å². The molecule has 2 N–H and O–H groups in total. The molecule has 2 amide bonds. The van der Waals surface area contributed by atoms with E-state index in [2.05, 4.69) is 10.6 Å². The molecule has 1 aliphatic heterocycles. The molecule has 1 aliphatic rings. The van der Waals surface area contributed by atoms with Crippen molar-refractivity contribution in [1.29, 1.82) is 0 Å². The van der Waals surface area contributed by atoms with E-state index in [1.807, 2.05) is 37.3 Å². The van der Waals surface area contributed by atoms with E-state index < -0.39 is 18.0 Å². The Bertz CT molecular complexity index is 1290. The first-order chi connectivity index (χ1) is 16.3. The standard InChI is InChI=1S/C26H24FN3O4/c1-16-6-8-18(9-7-16)19-4-3-5-25(32)24(12-19)29-23-11-10-20(13-22(23)27)30-15-21(34-26(30)33)14-28-17(2)31/h3-13,21H,14-15H2,1-2H3,(H,28,31)(H,29,32)/t21-/m0/s1. The summed E-state index contributed by atoms with van der Waals surface area (Å²) in [5.74, 6) is -0.855. The van der Waals surface area contributed by atoms with E-state index in [-0.39, 0.29) is 35.8 Å². The van der Waals surface area contributed by atoms with Gasteiger partial charge in [-0.05, 0) is 48.4 Å². The van der Waals surface area contributed by atoms with Crippen LogP contribution in [-0.4, -0.2) is 31.2 Å². The number of hydrogen-bond acceptors (Lipinski definition) is 5. The minimum absolute atomic E-state index is 0.101. The normalized spacial score (nSPS) is 15.1. The van der Waals surface area contributed by atoms with Gasteiger partial charge in [-0.15, -0.1) is 0 Å². The highest BCUT2D eigenvalue weighted by molar-refractivity contribution is 5.90. The van der Waals surface area contributed by atoms with Crippen LogP contribution in [0.1, 0.15) is 12.5 Å². The minimum Gasteiger partial charge on any atom is -0.442 e. The first kappa shape index (κ1) is 23.0. The predicted octanol–water partition coefficient (Wildman–Crippen LogP) is 4.37. The zero-order valence-electron chi connectivity index (χ0n) is 18.8. The van der Waals surface area contributed by atoms with Crippen LogP contribution in [0.25, 0.3) is 11.1 Å². The SMILES string of the molecule is CC(=O)NC[C@H]1CN(c2ccc(Nc3cc(-c4ccc(C)cc4)cccc3=O)c(F)c2)C(=O)O1. The van der Waals surface area contributed by atoms with Crippen LogP contribution >= 0.6 is 0 Å². The molecule has 0 radical (unpaired) electrons. The Kier molecular flexibility index (Phi) is 6.58. The lowest BCUT2D eigenvalue weighted by Gasteiger charge is -2.15. The van der Waals surface area contributed by atoms with Crippen molar-refractivity contribution in [2.24, 2.45) is 0 Å². The fourth-order valence-corrected chi connectivity index (χ4v) is 3.64. The molecule has 1 atom stereocenters. The molecular weight excluding hydrogens is 437 g/mol. The lowest BCUT2D eigenvalue weighted by molar-refractivity contribution is -0.119. The van der Waals surface area contributed by atoms with Gasteiger partial charge in [0.1, 0.15) is 11.9 Å². The van der Waals surface area contributed by atoms with Crippen molar-refractivity contribution in [1.82, 2.24) is 5.32 Å². The number of nitrogens with one attached hydrogen (secondary N) is 2. The predicted molar refractivity (Wildman–Crippen MR) is 129 cm³/mol. The Morgan fingerprint density at radius 1 is 1.03 bits per heavy atom. The number of amides is 2. The third-order valence-corrected chi connectivity index (χ3v) is 5.46. The number of carbonyl (C=O) groups excluding carboxylic acids is 2. The number of anilines is 3. The van der Waals surface area contributed by atoms with Gasteiger partial charge in [-0.25, -0.2) is 9.18 Å². The Balaban J connectivity index is 1.55. The van der Waals surface area contributed by atoms with Crippen molar-refractivity contribution in [2.45, 2.75) is 20.0 Å². The summed E-state index contributed by atoms with van der Waals surface area (Å²) in [5, 5.41) is 5.48. The van der Waals surface area contributed by atoms with Gasteiger partial charge in [0.15, 0.2) is 0 Å². The van der Waals surface area contributed by atoms with Crippen molar-refractivity contribution in [2.75, 3.05) is 23.3 Å². The Morgan fingerprint density at radius 3 is 2.50 bits per heavy atom. The molecule has 0 saturated carbocycles. The second-order valence-corrected chi connectivity index (χ2v) is 8.11. The molecule has 4 rings (SSSR count). The second kappa shape index (κ2) is 9.74. The van der Waals surface area contributed by atoms with E-state index in [1.165, 1.54) is 30.0 Å². The largest absolute Gasteiger partial charge is 0.442 e. The molecule has 1 saturated heterocycles. The number of benzene rings is 2. The second-order valence-electron chi connectivity index (χ2n) is 8.11. The minimum atomic E-state index is -0.626. The van der Waals surface area contributed by atoms with E-state index in [0.29, 0.717) is 5.69 Å². The zero-order valence-corrected chi connectivity index (χ0v) is 18.8.